The van der Waals surface area contributed by atoms with Crippen molar-refractivity contribution in [3.05, 3.63) is 122 Å². The molecule has 1 amide bonds. The number of allylic oxidation sites excluding steroid dienone is 19. The van der Waals surface area contributed by atoms with Crippen LogP contribution in [0.3, 0.4) is 0 Å². The normalized spacial score (nSPS) is 14.4. The monoisotopic (exact) mass is 1160 g/mol. The zero-order chi connectivity index (χ0) is 60.0. The van der Waals surface area contributed by atoms with Crippen LogP contribution in [-0.2, 0) is 27.9 Å². The van der Waals surface area contributed by atoms with Crippen LogP contribution in [0.5, 0.6) is 0 Å². The predicted molar refractivity (Wildman–Crippen MR) is 353 cm³/mol. The molecule has 0 heterocycles. The van der Waals surface area contributed by atoms with E-state index >= 15 is 0 Å². The van der Waals surface area contributed by atoms with Gasteiger partial charge in [0, 0.05) is 12.8 Å². The van der Waals surface area contributed by atoms with E-state index in [1.165, 1.54) is 77.0 Å². The fourth-order valence-electron chi connectivity index (χ4n) is 9.00. The van der Waals surface area contributed by atoms with Gasteiger partial charge >= 0.3 is 5.97 Å². The third-order valence-electron chi connectivity index (χ3n) is 14.1. The van der Waals surface area contributed by atoms with E-state index in [9.17, 15) is 19.0 Å². The molecule has 0 bridgehead atoms. The molecule has 3 atom stereocenters. The summed E-state index contributed by atoms with van der Waals surface area (Å²) in [5.74, 6) is -0.578. The first-order chi connectivity index (χ1) is 39.9. The average molecular weight is 1160 g/mol. The van der Waals surface area contributed by atoms with Gasteiger partial charge in [0.25, 0.3) is 7.82 Å². The zero-order valence-electron chi connectivity index (χ0n) is 53.7. The van der Waals surface area contributed by atoms with Crippen LogP contribution in [0.25, 0.3) is 0 Å². The number of phosphoric ester groups is 1. The standard InChI is InChI=1S/C72H125N2O7P/c1-7-10-13-16-19-22-25-28-30-32-34-35-36-37-38-39-41-43-45-47-50-53-56-59-62-65-72(76)81-70(63-60-57-54-51-48-27-24-21-18-15-12-9-3)69(68-80-82(77,78)79-67-66-74(4,5)6)73-71(75)64-61-58-55-52-49-46-44-42-40-33-31-29-26-23-20-17-14-11-8-2/h10,13,19-20,22-23,28-31,34-35,37-38,40-43,60,63,69-70H,7-9,11-12,14-18,21,24-27,32-33,36,39,44-59,61-62,64-68H2,1-6H3,(H-,73,75,77,78)/b13-10-,22-19-,23-20-,30-28-,31-29-,35-34-,38-37-,42-40-,43-41-,63-60-. The number of amides is 1. The molecule has 0 aromatic rings. The van der Waals surface area contributed by atoms with Crippen molar-refractivity contribution in [2.45, 2.75) is 283 Å². The molecule has 0 aromatic heterocycles. The van der Waals surface area contributed by atoms with Crippen molar-refractivity contribution < 1.29 is 37.3 Å². The summed E-state index contributed by atoms with van der Waals surface area (Å²) in [5, 5.41) is 3.02. The highest BCUT2D eigenvalue weighted by Gasteiger charge is 2.27. The van der Waals surface area contributed by atoms with Crippen molar-refractivity contribution in [3.8, 4) is 0 Å². The van der Waals surface area contributed by atoms with Gasteiger partial charge in [-0.25, -0.2) is 0 Å². The number of likely N-dealkylation sites (N-methyl/N-ethyl adjacent to an activating group) is 1. The van der Waals surface area contributed by atoms with E-state index in [2.05, 4.69) is 135 Å². The highest BCUT2D eigenvalue weighted by molar-refractivity contribution is 7.45. The minimum atomic E-state index is -4.72. The van der Waals surface area contributed by atoms with Gasteiger partial charge in [0.2, 0.25) is 5.91 Å². The van der Waals surface area contributed by atoms with E-state index in [-0.39, 0.29) is 24.9 Å². The number of esters is 1. The third kappa shape index (κ3) is 61.0. The Morgan fingerprint density at radius 3 is 1.20 bits per heavy atom. The molecule has 1 N–H and O–H groups in total. The van der Waals surface area contributed by atoms with E-state index in [4.69, 9.17) is 13.8 Å². The number of carbonyl (C=O) groups is 2. The molecule has 470 valence electrons. The van der Waals surface area contributed by atoms with Crippen LogP contribution in [0, 0.1) is 0 Å². The number of ether oxygens (including phenoxy) is 1. The minimum absolute atomic E-state index is 0.0339. The Hall–Kier alpha value is -3.59. The maximum atomic E-state index is 13.6. The van der Waals surface area contributed by atoms with Crippen molar-refractivity contribution in [1.82, 2.24) is 5.32 Å². The SMILES string of the molecule is CC/C=C\C/C=C\C/C=C\C/C=C\C/C=C\C/C=C\CCCCCCCCC(=O)OC(/C=C\CCCCCCCCCCCC)C(COP(=O)([O-])OCC[N+](C)(C)C)NC(=O)CCCCCCCC/C=C\C/C=C\C/C=C\CCCCC. The maximum absolute atomic E-state index is 13.6. The minimum Gasteiger partial charge on any atom is -0.756 e. The molecule has 0 rings (SSSR count). The van der Waals surface area contributed by atoms with Crippen molar-refractivity contribution in [2.75, 3.05) is 40.9 Å². The lowest BCUT2D eigenvalue weighted by molar-refractivity contribution is -0.870. The molecule has 0 radical (unpaired) electrons. The van der Waals surface area contributed by atoms with Gasteiger partial charge in [-0.05, 0) is 122 Å². The number of unbranched alkanes of at least 4 members (excludes halogenated alkanes) is 25. The van der Waals surface area contributed by atoms with Gasteiger partial charge in [-0.3, -0.25) is 14.2 Å². The molecule has 82 heavy (non-hydrogen) atoms. The Morgan fingerprint density at radius 1 is 0.439 bits per heavy atom. The van der Waals surface area contributed by atoms with Crippen LogP contribution in [0.15, 0.2) is 122 Å². The summed E-state index contributed by atoms with van der Waals surface area (Å²) in [6, 6.07) is -0.911. The molecular formula is C72H125N2O7P. The number of hydrogen-bond acceptors (Lipinski definition) is 7. The zero-order valence-corrected chi connectivity index (χ0v) is 54.5. The van der Waals surface area contributed by atoms with Crippen LogP contribution in [0.1, 0.15) is 271 Å². The van der Waals surface area contributed by atoms with Crippen molar-refractivity contribution in [1.29, 1.82) is 0 Å². The first-order valence-corrected chi connectivity index (χ1v) is 34.8. The van der Waals surface area contributed by atoms with E-state index in [0.717, 1.165) is 154 Å². The van der Waals surface area contributed by atoms with Crippen LogP contribution in [-0.4, -0.2) is 69.4 Å². The van der Waals surface area contributed by atoms with Gasteiger partial charge in [-0.2, -0.15) is 0 Å². The summed E-state index contributed by atoms with van der Waals surface area (Å²) < 4.78 is 30.4. The third-order valence-corrected chi connectivity index (χ3v) is 15.1. The second-order valence-corrected chi connectivity index (χ2v) is 24.6. The van der Waals surface area contributed by atoms with E-state index in [0.29, 0.717) is 23.9 Å². The van der Waals surface area contributed by atoms with E-state index < -0.39 is 26.6 Å². The molecule has 9 nitrogen and oxygen atoms in total. The molecule has 10 heteroatoms. The first kappa shape index (κ1) is 78.4. The molecule has 0 spiro atoms. The van der Waals surface area contributed by atoms with Gasteiger partial charge in [0.05, 0.1) is 33.8 Å². The lowest BCUT2D eigenvalue weighted by atomic mass is 10.0. The number of carbonyl (C=O) groups excluding carboxylic acids is 2. The second-order valence-electron chi connectivity index (χ2n) is 23.2. The number of nitrogens with zero attached hydrogens (tertiary/aromatic N) is 1. The van der Waals surface area contributed by atoms with Crippen LogP contribution < -0.4 is 10.2 Å². The molecule has 0 aliphatic heterocycles. The average Bonchev–Trinajstić information content (AvgIpc) is 3.44. The number of nitrogens with one attached hydrogen (secondary N) is 1. The summed E-state index contributed by atoms with van der Waals surface area (Å²) in [4.78, 5) is 40.1. The Bertz CT molecular complexity index is 1820. The Balaban J connectivity index is 5.23. The first-order valence-electron chi connectivity index (χ1n) is 33.3. The summed E-state index contributed by atoms with van der Waals surface area (Å²) in [6.07, 6.45) is 84.5. The quantitative estimate of drug-likeness (QED) is 0.0212. The number of phosphoric acid groups is 1. The number of quaternary nitrogens is 1. The van der Waals surface area contributed by atoms with Crippen LogP contribution >= 0.6 is 7.82 Å². The maximum Gasteiger partial charge on any atom is 0.306 e. The van der Waals surface area contributed by atoms with Crippen molar-refractivity contribution in [2.24, 2.45) is 0 Å². The molecule has 3 unspecified atom stereocenters. The van der Waals surface area contributed by atoms with Crippen molar-refractivity contribution >= 4 is 19.7 Å². The number of rotatable bonds is 59. The fraction of sp³-hybridized carbons (Fsp3) is 0.694. The van der Waals surface area contributed by atoms with E-state index in [1.54, 1.807) is 0 Å². The second kappa shape index (κ2) is 60.5. The fourth-order valence-corrected chi connectivity index (χ4v) is 9.73. The smallest absolute Gasteiger partial charge is 0.306 e. The van der Waals surface area contributed by atoms with Crippen LogP contribution in [0.4, 0.5) is 0 Å². The Kier molecular flexibility index (Phi) is 57.9. The summed E-state index contributed by atoms with van der Waals surface area (Å²) in [6.45, 7) is 6.68. The molecule has 0 saturated heterocycles. The largest absolute Gasteiger partial charge is 0.756 e. The van der Waals surface area contributed by atoms with Gasteiger partial charge in [-0.1, -0.05) is 258 Å². The molecule has 0 fully saturated rings. The molecule has 0 aliphatic rings. The van der Waals surface area contributed by atoms with Crippen LogP contribution in [0.2, 0.25) is 0 Å². The Morgan fingerprint density at radius 2 is 0.780 bits per heavy atom. The number of hydrogen-bond donors (Lipinski definition) is 1. The van der Waals surface area contributed by atoms with E-state index in [1.807, 2.05) is 33.3 Å². The summed E-state index contributed by atoms with van der Waals surface area (Å²) in [7, 11) is 1.15. The summed E-state index contributed by atoms with van der Waals surface area (Å²) >= 11 is 0. The molecule has 0 saturated carbocycles. The van der Waals surface area contributed by atoms with Gasteiger partial charge < -0.3 is 28.5 Å². The van der Waals surface area contributed by atoms with Gasteiger partial charge in [0.1, 0.15) is 19.3 Å². The van der Waals surface area contributed by atoms with Gasteiger partial charge in [-0.15, -0.1) is 0 Å². The highest BCUT2D eigenvalue weighted by atomic mass is 31.2. The lowest BCUT2D eigenvalue weighted by Gasteiger charge is -2.30. The Labute approximate surface area is 505 Å². The predicted octanol–water partition coefficient (Wildman–Crippen LogP) is 20.4. The molecule has 0 aromatic carbocycles. The lowest BCUT2D eigenvalue weighted by Crippen LogP contribution is -2.47. The molecule has 0 aliphatic carbocycles. The van der Waals surface area contributed by atoms with Gasteiger partial charge in [0.15, 0.2) is 0 Å². The summed E-state index contributed by atoms with van der Waals surface area (Å²) in [5.41, 5.74) is 0. The van der Waals surface area contributed by atoms with Crippen molar-refractivity contribution in [3.63, 3.8) is 0 Å². The molecular weight excluding hydrogens is 1040 g/mol. The topological polar surface area (TPSA) is 114 Å². The highest BCUT2D eigenvalue weighted by Crippen LogP contribution is 2.38.